The van der Waals surface area contributed by atoms with Crippen LogP contribution in [0.25, 0.3) is 5.65 Å². The van der Waals surface area contributed by atoms with Gasteiger partial charge in [-0.1, -0.05) is 0 Å². The Hall–Kier alpha value is -2.44. The van der Waals surface area contributed by atoms with Crippen molar-refractivity contribution in [3.63, 3.8) is 0 Å². The van der Waals surface area contributed by atoms with Crippen LogP contribution in [0.3, 0.4) is 0 Å². The zero-order valence-electron chi connectivity index (χ0n) is 12.3. The fourth-order valence-electron chi connectivity index (χ4n) is 2.64. The topological polar surface area (TPSA) is 57.9 Å². The summed E-state index contributed by atoms with van der Waals surface area (Å²) in [6.45, 7) is 3.75. The minimum Gasteiger partial charge on any atom is -0.339 e. The van der Waals surface area contributed by atoms with Crippen LogP contribution >= 0.6 is 0 Å². The molecule has 1 aliphatic heterocycles. The van der Waals surface area contributed by atoms with E-state index in [0.29, 0.717) is 37.5 Å². The third-order valence-corrected chi connectivity index (χ3v) is 3.87. The van der Waals surface area contributed by atoms with E-state index < -0.39 is 0 Å². The summed E-state index contributed by atoms with van der Waals surface area (Å²) in [6.07, 6.45) is 3.19. The number of halogens is 1. The molecule has 3 rings (SSSR count). The second-order valence-electron chi connectivity index (χ2n) is 5.41. The molecule has 0 N–H and O–H groups in total. The Balaban J connectivity index is 1.65. The van der Waals surface area contributed by atoms with Crippen molar-refractivity contribution in [3.8, 4) is 0 Å². The first-order valence-electron chi connectivity index (χ1n) is 7.19. The minimum absolute atomic E-state index is 0.0212. The number of imidazole rings is 1. The number of hydrogen-bond donors (Lipinski definition) is 0. The molecule has 0 unspecified atom stereocenters. The van der Waals surface area contributed by atoms with Crippen molar-refractivity contribution in [3.05, 3.63) is 36.0 Å². The van der Waals surface area contributed by atoms with Crippen LogP contribution in [0.4, 0.5) is 4.39 Å². The lowest BCUT2D eigenvalue weighted by Gasteiger charge is -2.34. The van der Waals surface area contributed by atoms with Crippen molar-refractivity contribution < 1.29 is 14.0 Å². The second kappa shape index (κ2) is 5.75. The first kappa shape index (κ1) is 14.5. The molecule has 0 atom stereocenters. The maximum atomic E-state index is 13.1. The average Bonchev–Trinajstić information content (AvgIpc) is 2.88. The number of aromatic nitrogens is 2. The molecule has 0 aliphatic carbocycles. The van der Waals surface area contributed by atoms with Crippen molar-refractivity contribution in [2.24, 2.45) is 0 Å². The largest absolute Gasteiger partial charge is 0.339 e. The van der Waals surface area contributed by atoms with Crippen LogP contribution in [0.1, 0.15) is 12.6 Å². The highest BCUT2D eigenvalue weighted by atomic mass is 19.1. The summed E-state index contributed by atoms with van der Waals surface area (Å²) in [6, 6.07) is 2.92. The number of pyridine rings is 1. The quantitative estimate of drug-likeness (QED) is 0.821. The molecule has 3 heterocycles. The zero-order valence-corrected chi connectivity index (χ0v) is 12.3. The molecule has 2 amide bonds. The molecule has 1 saturated heterocycles. The van der Waals surface area contributed by atoms with E-state index in [2.05, 4.69) is 4.98 Å². The van der Waals surface area contributed by atoms with Crippen molar-refractivity contribution in [1.82, 2.24) is 19.2 Å². The zero-order chi connectivity index (χ0) is 15.7. The van der Waals surface area contributed by atoms with Gasteiger partial charge in [0.25, 0.3) is 0 Å². The average molecular weight is 304 g/mol. The van der Waals surface area contributed by atoms with E-state index in [1.54, 1.807) is 26.5 Å². The van der Waals surface area contributed by atoms with Gasteiger partial charge in [0, 0.05) is 45.5 Å². The third-order valence-electron chi connectivity index (χ3n) is 3.87. The number of rotatable bonds is 2. The highest BCUT2D eigenvalue weighted by molar-refractivity contribution is 5.79. The van der Waals surface area contributed by atoms with E-state index in [4.69, 9.17) is 0 Å². The standard InChI is InChI=1S/C15H17FN4O2/c1-11(21)18-4-6-19(7-5-18)15(22)8-13-10-20-9-12(16)2-3-14(20)17-13/h2-3,9-10H,4-8H2,1H3. The smallest absolute Gasteiger partial charge is 0.228 e. The monoisotopic (exact) mass is 304 g/mol. The maximum Gasteiger partial charge on any atom is 0.228 e. The lowest BCUT2D eigenvalue weighted by Crippen LogP contribution is -2.50. The molecule has 7 heteroatoms. The molecular weight excluding hydrogens is 287 g/mol. The number of carbonyl (C=O) groups excluding carboxylic acids is 2. The lowest BCUT2D eigenvalue weighted by molar-refractivity contribution is -0.138. The van der Waals surface area contributed by atoms with E-state index in [0.717, 1.165) is 0 Å². The number of hydrogen-bond acceptors (Lipinski definition) is 3. The molecule has 2 aromatic rings. The second-order valence-corrected chi connectivity index (χ2v) is 5.41. The fraction of sp³-hybridized carbons (Fsp3) is 0.400. The van der Waals surface area contributed by atoms with Crippen molar-refractivity contribution in [2.75, 3.05) is 26.2 Å². The number of piperazine rings is 1. The van der Waals surface area contributed by atoms with Crippen molar-refractivity contribution >= 4 is 17.5 Å². The Labute approximate surface area is 127 Å². The third kappa shape index (κ3) is 2.93. The molecular formula is C15H17FN4O2. The molecule has 0 radical (unpaired) electrons. The summed E-state index contributed by atoms with van der Waals surface area (Å²) in [5.41, 5.74) is 1.23. The van der Waals surface area contributed by atoms with Gasteiger partial charge >= 0.3 is 0 Å². The summed E-state index contributed by atoms with van der Waals surface area (Å²) in [5, 5.41) is 0. The minimum atomic E-state index is -0.344. The summed E-state index contributed by atoms with van der Waals surface area (Å²) >= 11 is 0. The van der Waals surface area contributed by atoms with Crippen molar-refractivity contribution in [2.45, 2.75) is 13.3 Å². The van der Waals surface area contributed by atoms with E-state index >= 15 is 0 Å². The Morgan fingerprint density at radius 3 is 2.50 bits per heavy atom. The van der Waals surface area contributed by atoms with Crippen molar-refractivity contribution in [1.29, 1.82) is 0 Å². The van der Waals surface area contributed by atoms with Gasteiger partial charge in [-0.25, -0.2) is 9.37 Å². The molecule has 0 aromatic carbocycles. The molecule has 1 aliphatic rings. The van der Waals surface area contributed by atoms with E-state index in [1.807, 2.05) is 0 Å². The number of fused-ring (bicyclic) bond motifs is 1. The summed E-state index contributed by atoms with van der Waals surface area (Å²) in [7, 11) is 0. The number of nitrogens with zero attached hydrogens (tertiary/aromatic N) is 4. The summed E-state index contributed by atoms with van der Waals surface area (Å²) < 4.78 is 14.7. The van der Waals surface area contributed by atoms with Gasteiger partial charge in [0.1, 0.15) is 11.5 Å². The van der Waals surface area contributed by atoms with E-state index in [1.165, 1.54) is 19.2 Å². The molecule has 1 fully saturated rings. The van der Waals surface area contributed by atoms with Gasteiger partial charge in [-0.2, -0.15) is 0 Å². The van der Waals surface area contributed by atoms with Gasteiger partial charge in [0.15, 0.2) is 0 Å². The van der Waals surface area contributed by atoms with Crippen LogP contribution < -0.4 is 0 Å². The Morgan fingerprint density at radius 2 is 1.82 bits per heavy atom. The number of amides is 2. The van der Waals surface area contributed by atoms with Gasteiger partial charge in [-0.3, -0.25) is 9.59 Å². The predicted octanol–water partition coefficient (Wildman–Crippen LogP) is 0.707. The van der Waals surface area contributed by atoms with Crippen LogP contribution in [0, 0.1) is 5.82 Å². The van der Waals surface area contributed by atoms with Gasteiger partial charge in [0.05, 0.1) is 12.1 Å². The van der Waals surface area contributed by atoms with E-state index in [-0.39, 0.29) is 24.1 Å². The summed E-state index contributed by atoms with van der Waals surface area (Å²) in [5.74, 6) is -0.329. The van der Waals surface area contributed by atoms with Crippen LogP contribution in [-0.2, 0) is 16.0 Å². The first-order chi connectivity index (χ1) is 10.5. The van der Waals surface area contributed by atoms with Gasteiger partial charge < -0.3 is 14.2 Å². The van der Waals surface area contributed by atoms with Crippen LogP contribution in [0.15, 0.2) is 24.5 Å². The Morgan fingerprint density at radius 1 is 1.14 bits per heavy atom. The predicted molar refractivity (Wildman–Crippen MR) is 77.7 cm³/mol. The summed E-state index contributed by atoms with van der Waals surface area (Å²) in [4.78, 5) is 31.3. The fourth-order valence-corrected chi connectivity index (χ4v) is 2.64. The van der Waals surface area contributed by atoms with Crippen LogP contribution in [0.5, 0.6) is 0 Å². The molecule has 116 valence electrons. The highest BCUT2D eigenvalue weighted by Gasteiger charge is 2.22. The molecule has 6 nitrogen and oxygen atoms in total. The number of carbonyl (C=O) groups is 2. The lowest BCUT2D eigenvalue weighted by atomic mass is 10.2. The Bertz CT molecular complexity index is 719. The van der Waals surface area contributed by atoms with Gasteiger partial charge in [0.2, 0.25) is 11.8 Å². The highest BCUT2D eigenvalue weighted by Crippen LogP contribution is 2.10. The first-order valence-corrected chi connectivity index (χ1v) is 7.19. The molecule has 0 saturated carbocycles. The molecule has 2 aromatic heterocycles. The van der Waals surface area contributed by atoms with Gasteiger partial charge in [-0.15, -0.1) is 0 Å². The van der Waals surface area contributed by atoms with Crippen LogP contribution in [0.2, 0.25) is 0 Å². The van der Waals surface area contributed by atoms with Crippen LogP contribution in [-0.4, -0.2) is 57.2 Å². The van der Waals surface area contributed by atoms with E-state index in [9.17, 15) is 14.0 Å². The van der Waals surface area contributed by atoms with Gasteiger partial charge in [-0.05, 0) is 12.1 Å². The molecule has 0 bridgehead atoms. The maximum absolute atomic E-state index is 13.1. The molecule has 0 spiro atoms. The molecule has 22 heavy (non-hydrogen) atoms. The Kier molecular flexibility index (Phi) is 3.79. The SMILES string of the molecule is CC(=O)N1CCN(C(=O)Cc2cn3cc(F)ccc3n2)CC1. The normalized spacial score (nSPS) is 15.4.